The maximum atomic E-state index is 10.9. The van der Waals surface area contributed by atoms with Gasteiger partial charge in [0, 0.05) is 6.42 Å². The highest BCUT2D eigenvalue weighted by molar-refractivity contribution is 6.18. The van der Waals surface area contributed by atoms with E-state index in [0.717, 1.165) is 0 Å². The maximum Gasteiger partial charge on any atom is 0.327 e. The van der Waals surface area contributed by atoms with Crippen LogP contribution in [0.15, 0.2) is 0 Å². The lowest BCUT2D eigenvalue weighted by Gasteiger charge is -2.16. The quantitative estimate of drug-likeness (QED) is 0.371. The third-order valence-corrected chi connectivity index (χ3v) is 1.80. The Labute approximate surface area is 70.7 Å². The molecule has 1 rings (SSSR count). The Morgan fingerprint density at radius 1 is 1.83 bits per heavy atom. The molecule has 1 saturated heterocycles. The molecule has 1 aliphatic heterocycles. The van der Waals surface area contributed by atoms with Crippen LogP contribution in [0.5, 0.6) is 0 Å². The molecule has 1 N–H and O–H groups in total. The van der Waals surface area contributed by atoms with Crippen LogP contribution in [0.25, 0.3) is 0 Å². The molecule has 0 aromatic rings. The van der Waals surface area contributed by atoms with Crippen molar-refractivity contribution in [3.05, 3.63) is 0 Å². The highest BCUT2D eigenvalue weighted by Gasteiger charge is 2.39. The summed E-state index contributed by atoms with van der Waals surface area (Å²) >= 11 is 0. The minimum absolute atomic E-state index is 0.00199. The van der Waals surface area contributed by atoms with E-state index in [1.807, 2.05) is 0 Å². The number of aliphatic hydroxyl groups is 1. The number of esters is 1. The molecule has 2 atom stereocenters. The molecule has 1 heterocycles. The van der Waals surface area contributed by atoms with Gasteiger partial charge in [-0.2, -0.15) is 0 Å². The highest BCUT2D eigenvalue weighted by Crippen LogP contribution is 2.17. The predicted molar refractivity (Wildman–Crippen MR) is 39.0 cm³/mol. The lowest BCUT2D eigenvalue weighted by molar-refractivity contribution is -0.146. The van der Waals surface area contributed by atoms with Crippen LogP contribution in [-0.2, 0) is 14.3 Å². The van der Waals surface area contributed by atoms with Crippen molar-refractivity contribution in [2.75, 3.05) is 7.11 Å². The third kappa shape index (κ3) is 1.29. The Balaban J connectivity index is 2.71. The second-order valence-electron chi connectivity index (χ2n) is 2.54. The van der Waals surface area contributed by atoms with Crippen molar-refractivity contribution in [2.45, 2.75) is 18.6 Å². The van der Waals surface area contributed by atoms with Gasteiger partial charge < -0.3 is 14.7 Å². The molecular formula is C6H8BNO4. The Kier molecular flexibility index (Phi) is 2.37. The number of carbonyl (C=O) groups excluding carboxylic acids is 2. The van der Waals surface area contributed by atoms with E-state index in [-0.39, 0.29) is 6.42 Å². The number of carbonyl (C=O) groups is 2. The first-order valence-electron chi connectivity index (χ1n) is 3.41. The van der Waals surface area contributed by atoms with Crippen molar-refractivity contribution in [3.63, 3.8) is 0 Å². The first-order valence-corrected chi connectivity index (χ1v) is 3.41. The number of rotatable bonds is 1. The first kappa shape index (κ1) is 9.06. The van der Waals surface area contributed by atoms with Gasteiger partial charge in [-0.3, -0.25) is 4.79 Å². The zero-order chi connectivity index (χ0) is 9.30. The number of amides is 1. The molecule has 0 bridgehead atoms. The van der Waals surface area contributed by atoms with Crippen molar-refractivity contribution in [1.29, 1.82) is 0 Å². The molecule has 2 radical (unpaired) electrons. The van der Waals surface area contributed by atoms with Crippen LogP contribution >= 0.6 is 0 Å². The molecule has 1 amide bonds. The minimum Gasteiger partial charge on any atom is -0.468 e. The van der Waals surface area contributed by atoms with E-state index in [4.69, 9.17) is 13.1 Å². The average Bonchev–Trinajstić information content (AvgIpc) is 2.32. The molecule has 0 aliphatic carbocycles. The van der Waals surface area contributed by atoms with Crippen LogP contribution in [0.4, 0.5) is 0 Å². The van der Waals surface area contributed by atoms with E-state index in [1.54, 1.807) is 0 Å². The zero-order valence-electron chi connectivity index (χ0n) is 6.56. The van der Waals surface area contributed by atoms with E-state index in [2.05, 4.69) is 4.74 Å². The van der Waals surface area contributed by atoms with Gasteiger partial charge in [0.2, 0.25) is 13.9 Å². The van der Waals surface area contributed by atoms with Gasteiger partial charge in [0.25, 0.3) is 0 Å². The van der Waals surface area contributed by atoms with Crippen molar-refractivity contribution in [2.24, 2.45) is 0 Å². The summed E-state index contributed by atoms with van der Waals surface area (Å²) in [5.41, 5.74) is 0. The summed E-state index contributed by atoms with van der Waals surface area (Å²) in [6.45, 7) is 0. The summed E-state index contributed by atoms with van der Waals surface area (Å²) in [7, 11) is 6.41. The fraction of sp³-hybridized carbons (Fsp3) is 0.667. The van der Waals surface area contributed by atoms with Gasteiger partial charge in [-0.1, -0.05) is 0 Å². The van der Waals surface area contributed by atoms with Crippen molar-refractivity contribution in [3.8, 4) is 0 Å². The standard InChI is InChI=1S/C6H8BNO4/c1-12-6(11)3-2-4(9)5(10)8(3)7/h3-4,9H,2H2,1H3. The first-order chi connectivity index (χ1) is 5.57. The van der Waals surface area contributed by atoms with Gasteiger partial charge in [-0.15, -0.1) is 0 Å². The Bertz CT molecular complexity index is 220. The summed E-state index contributed by atoms with van der Waals surface area (Å²) in [6.07, 6.45) is -1.18. The molecule has 6 heteroatoms. The van der Waals surface area contributed by atoms with Gasteiger partial charge >= 0.3 is 5.97 Å². The van der Waals surface area contributed by atoms with Gasteiger partial charge in [-0.25, -0.2) is 4.79 Å². The normalized spacial score (nSPS) is 29.2. The monoisotopic (exact) mass is 169 g/mol. The van der Waals surface area contributed by atoms with Crippen molar-refractivity contribution in [1.82, 2.24) is 4.81 Å². The molecule has 0 aromatic carbocycles. The Hall–Kier alpha value is -1.04. The van der Waals surface area contributed by atoms with Gasteiger partial charge in [0.15, 0.2) is 0 Å². The fourth-order valence-corrected chi connectivity index (χ4v) is 1.10. The zero-order valence-corrected chi connectivity index (χ0v) is 6.56. The molecule has 0 aromatic heterocycles. The SMILES string of the molecule is [B]N1C(=O)C(O)CC1C(=O)OC. The lowest BCUT2D eigenvalue weighted by Crippen LogP contribution is -2.37. The average molecular weight is 169 g/mol. The van der Waals surface area contributed by atoms with Crippen LogP contribution in [-0.4, -0.2) is 49.0 Å². The third-order valence-electron chi connectivity index (χ3n) is 1.80. The number of nitrogens with zero attached hydrogens (tertiary/aromatic N) is 1. The topological polar surface area (TPSA) is 66.8 Å². The fourth-order valence-electron chi connectivity index (χ4n) is 1.10. The molecule has 1 fully saturated rings. The predicted octanol–water partition coefficient (Wildman–Crippen LogP) is -1.80. The summed E-state index contributed by atoms with van der Waals surface area (Å²) < 4.78 is 4.38. The van der Waals surface area contributed by atoms with Crippen LogP contribution in [0, 0.1) is 0 Å². The molecule has 2 unspecified atom stereocenters. The summed E-state index contributed by atoms with van der Waals surface area (Å²) in [5.74, 6) is -1.26. The number of methoxy groups -OCH3 is 1. The van der Waals surface area contributed by atoms with E-state index in [9.17, 15) is 9.59 Å². The molecule has 1 aliphatic rings. The van der Waals surface area contributed by atoms with E-state index < -0.39 is 24.0 Å². The van der Waals surface area contributed by atoms with Crippen LogP contribution in [0.1, 0.15) is 6.42 Å². The van der Waals surface area contributed by atoms with E-state index >= 15 is 0 Å². The van der Waals surface area contributed by atoms with Gasteiger partial charge in [0.1, 0.15) is 12.1 Å². The number of hydrogen-bond donors (Lipinski definition) is 1. The van der Waals surface area contributed by atoms with Crippen LogP contribution < -0.4 is 0 Å². The molecule has 5 nitrogen and oxygen atoms in total. The molecular weight excluding hydrogens is 161 g/mol. The number of aliphatic hydroxyl groups excluding tert-OH is 1. The number of hydrogen-bond acceptors (Lipinski definition) is 4. The molecule has 0 spiro atoms. The summed E-state index contributed by atoms with van der Waals surface area (Å²) in [6, 6.07) is -0.850. The summed E-state index contributed by atoms with van der Waals surface area (Å²) in [5, 5.41) is 9.00. The second-order valence-corrected chi connectivity index (χ2v) is 2.54. The van der Waals surface area contributed by atoms with Crippen LogP contribution in [0.3, 0.4) is 0 Å². The Morgan fingerprint density at radius 3 is 2.75 bits per heavy atom. The van der Waals surface area contributed by atoms with Crippen LogP contribution in [0.2, 0.25) is 0 Å². The summed E-state index contributed by atoms with van der Waals surface area (Å²) in [4.78, 5) is 22.5. The molecule has 64 valence electrons. The largest absolute Gasteiger partial charge is 0.468 e. The Morgan fingerprint density at radius 2 is 2.42 bits per heavy atom. The lowest BCUT2D eigenvalue weighted by atomic mass is 10.2. The van der Waals surface area contributed by atoms with Gasteiger partial charge in [0.05, 0.1) is 7.11 Å². The maximum absolute atomic E-state index is 10.9. The number of ether oxygens (including phenoxy) is 1. The minimum atomic E-state index is -1.18. The van der Waals surface area contributed by atoms with E-state index in [0.29, 0.717) is 4.81 Å². The van der Waals surface area contributed by atoms with Crippen molar-refractivity contribution < 1.29 is 19.4 Å². The highest BCUT2D eigenvalue weighted by atomic mass is 16.5. The second kappa shape index (κ2) is 3.14. The molecule has 12 heavy (non-hydrogen) atoms. The van der Waals surface area contributed by atoms with Gasteiger partial charge in [-0.05, 0) is 0 Å². The van der Waals surface area contributed by atoms with E-state index in [1.165, 1.54) is 7.11 Å². The smallest absolute Gasteiger partial charge is 0.327 e. The van der Waals surface area contributed by atoms with Crippen molar-refractivity contribution >= 4 is 19.9 Å². The molecule has 0 saturated carbocycles.